The van der Waals surface area contributed by atoms with Gasteiger partial charge in [-0.05, 0) is 42.9 Å². The van der Waals surface area contributed by atoms with Crippen LogP contribution in [0.4, 0.5) is 5.69 Å². The highest BCUT2D eigenvalue weighted by molar-refractivity contribution is 6.31. The maximum absolute atomic E-state index is 12.5. The number of allylic oxidation sites excluding steroid dienone is 2. The summed E-state index contributed by atoms with van der Waals surface area (Å²) >= 11 is 6.04. The van der Waals surface area contributed by atoms with Crippen LogP contribution >= 0.6 is 11.6 Å². The van der Waals surface area contributed by atoms with Crippen LogP contribution in [0.5, 0.6) is 0 Å². The summed E-state index contributed by atoms with van der Waals surface area (Å²) in [5, 5.41) is 12.7. The largest absolute Gasteiger partial charge is 0.481 e. The first-order chi connectivity index (χ1) is 9.97. The van der Waals surface area contributed by atoms with Crippen molar-refractivity contribution in [3.63, 3.8) is 0 Å². The van der Waals surface area contributed by atoms with Crippen LogP contribution in [0.15, 0.2) is 30.4 Å². The van der Waals surface area contributed by atoms with Crippen molar-refractivity contribution >= 4 is 29.2 Å². The van der Waals surface area contributed by atoms with E-state index in [0.717, 1.165) is 12.0 Å². The molecule has 2 N–H and O–H groups in total. The summed E-state index contributed by atoms with van der Waals surface area (Å²) in [6.45, 7) is 1.88. The van der Waals surface area contributed by atoms with Gasteiger partial charge in [-0.15, -0.1) is 0 Å². The van der Waals surface area contributed by atoms with Gasteiger partial charge in [-0.25, -0.2) is 0 Å². The number of benzene rings is 1. The van der Waals surface area contributed by atoms with E-state index in [1.807, 2.05) is 25.1 Å². The van der Waals surface area contributed by atoms with Gasteiger partial charge in [0.15, 0.2) is 0 Å². The Labute approximate surface area is 127 Å². The number of carboxylic acid groups (broad SMARTS) is 1. The van der Waals surface area contributed by atoms with Crippen molar-refractivity contribution in [2.24, 2.45) is 23.7 Å². The third-order valence-corrected chi connectivity index (χ3v) is 4.89. The van der Waals surface area contributed by atoms with Gasteiger partial charge in [0, 0.05) is 10.7 Å². The van der Waals surface area contributed by atoms with Crippen LogP contribution in [0.2, 0.25) is 5.02 Å². The number of aryl methyl sites for hydroxylation is 1. The molecule has 1 aromatic rings. The van der Waals surface area contributed by atoms with Gasteiger partial charge >= 0.3 is 5.97 Å². The van der Waals surface area contributed by atoms with E-state index in [2.05, 4.69) is 5.32 Å². The van der Waals surface area contributed by atoms with Gasteiger partial charge in [0.25, 0.3) is 0 Å². The number of halogens is 1. The minimum atomic E-state index is -0.895. The number of fused-ring (bicyclic) bond motifs is 2. The van der Waals surface area contributed by atoms with Crippen molar-refractivity contribution < 1.29 is 14.7 Å². The smallest absolute Gasteiger partial charge is 0.307 e. The van der Waals surface area contributed by atoms with Crippen molar-refractivity contribution in [2.75, 3.05) is 5.32 Å². The van der Waals surface area contributed by atoms with E-state index < -0.39 is 17.8 Å². The highest BCUT2D eigenvalue weighted by Crippen LogP contribution is 2.48. The maximum atomic E-state index is 12.5. The average Bonchev–Trinajstić information content (AvgIpc) is 3.03. The second kappa shape index (κ2) is 5.19. The molecular weight excluding hydrogens is 290 g/mol. The molecule has 0 spiro atoms. The van der Waals surface area contributed by atoms with Crippen molar-refractivity contribution in [3.05, 3.63) is 40.9 Å². The molecular formula is C16H16ClNO3. The SMILES string of the molecule is Cc1ccc(NC(=O)[C@H]2[C@H](C(=O)O)[C@H]3C=C[C@H]2C3)cc1Cl. The fraction of sp³-hybridized carbons (Fsp3) is 0.375. The van der Waals surface area contributed by atoms with E-state index in [-0.39, 0.29) is 17.7 Å². The number of nitrogens with one attached hydrogen (secondary N) is 1. The predicted molar refractivity (Wildman–Crippen MR) is 80.2 cm³/mol. The standard InChI is InChI=1S/C16H16ClNO3/c1-8-2-5-11(7-12(8)17)18-15(19)13-9-3-4-10(6-9)14(13)16(20)21/h2-5,7,9-10,13-14H,6H2,1H3,(H,18,19)(H,20,21)/t9-,10-,13+,14+/m0/s1. The molecule has 110 valence electrons. The molecule has 4 nitrogen and oxygen atoms in total. The minimum Gasteiger partial charge on any atom is -0.481 e. The van der Waals surface area contributed by atoms with Gasteiger partial charge in [0.2, 0.25) is 5.91 Å². The topological polar surface area (TPSA) is 66.4 Å². The molecule has 4 atom stereocenters. The summed E-state index contributed by atoms with van der Waals surface area (Å²) < 4.78 is 0. The lowest BCUT2D eigenvalue weighted by Crippen LogP contribution is -2.36. The Hall–Kier alpha value is -1.81. The normalized spacial score (nSPS) is 29.6. The molecule has 2 bridgehead atoms. The predicted octanol–water partition coefficient (Wildman–Crippen LogP) is 3.11. The fourth-order valence-corrected chi connectivity index (χ4v) is 3.59. The molecule has 1 saturated carbocycles. The zero-order chi connectivity index (χ0) is 15.1. The lowest BCUT2D eigenvalue weighted by molar-refractivity contribution is -0.146. The monoisotopic (exact) mass is 305 g/mol. The van der Waals surface area contributed by atoms with E-state index in [9.17, 15) is 14.7 Å². The van der Waals surface area contributed by atoms with Crippen molar-refractivity contribution in [1.82, 2.24) is 0 Å². The van der Waals surface area contributed by atoms with E-state index in [1.165, 1.54) is 0 Å². The van der Waals surface area contributed by atoms with Gasteiger partial charge < -0.3 is 10.4 Å². The summed E-state index contributed by atoms with van der Waals surface area (Å²) in [5.41, 5.74) is 1.53. The number of aliphatic carboxylic acids is 1. The van der Waals surface area contributed by atoms with E-state index >= 15 is 0 Å². The lowest BCUT2D eigenvalue weighted by Gasteiger charge is -2.23. The Morgan fingerprint density at radius 3 is 2.52 bits per heavy atom. The van der Waals surface area contributed by atoms with Crippen LogP contribution in [0.25, 0.3) is 0 Å². The molecule has 0 saturated heterocycles. The molecule has 21 heavy (non-hydrogen) atoms. The summed E-state index contributed by atoms with van der Waals surface area (Å²) in [6, 6.07) is 5.29. The maximum Gasteiger partial charge on any atom is 0.307 e. The van der Waals surface area contributed by atoms with Crippen LogP contribution in [0.1, 0.15) is 12.0 Å². The van der Waals surface area contributed by atoms with Crippen LogP contribution in [0, 0.1) is 30.6 Å². The van der Waals surface area contributed by atoms with Crippen LogP contribution in [-0.4, -0.2) is 17.0 Å². The Balaban J connectivity index is 1.80. The number of anilines is 1. The number of carbonyl (C=O) groups excluding carboxylic acids is 1. The third kappa shape index (κ3) is 2.44. The van der Waals surface area contributed by atoms with Crippen molar-refractivity contribution in [1.29, 1.82) is 0 Å². The van der Waals surface area contributed by atoms with E-state index in [0.29, 0.717) is 10.7 Å². The van der Waals surface area contributed by atoms with Gasteiger partial charge in [-0.2, -0.15) is 0 Å². The van der Waals surface area contributed by atoms with Crippen LogP contribution < -0.4 is 5.32 Å². The highest BCUT2D eigenvalue weighted by Gasteiger charge is 2.51. The molecule has 2 aliphatic rings. The van der Waals surface area contributed by atoms with Crippen LogP contribution in [-0.2, 0) is 9.59 Å². The zero-order valence-electron chi connectivity index (χ0n) is 11.5. The fourth-order valence-electron chi connectivity index (χ4n) is 3.41. The molecule has 1 amide bonds. The summed E-state index contributed by atoms with van der Waals surface area (Å²) in [4.78, 5) is 23.9. The van der Waals surface area contributed by atoms with E-state index in [1.54, 1.807) is 12.1 Å². The number of amides is 1. The Morgan fingerprint density at radius 1 is 1.24 bits per heavy atom. The third-order valence-electron chi connectivity index (χ3n) is 4.49. The molecule has 0 unspecified atom stereocenters. The molecule has 0 aliphatic heterocycles. The summed E-state index contributed by atoms with van der Waals surface area (Å²) in [5.74, 6) is -2.26. The quantitative estimate of drug-likeness (QED) is 0.843. The first-order valence-electron chi connectivity index (χ1n) is 6.95. The Morgan fingerprint density at radius 2 is 1.90 bits per heavy atom. The number of carboxylic acids is 1. The van der Waals surface area contributed by atoms with E-state index in [4.69, 9.17) is 11.6 Å². The van der Waals surface area contributed by atoms with Gasteiger partial charge in [0.1, 0.15) is 0 Å². The van der Waals surface area contributed by atoms with Gasteiger partial charge in [0.05, 0.1) is 11.8 Å². The molecule has 3 rings (SSSR count). The summed E-state index contributed by atoms with van der Waals surface area (Å²) in [7, 11) is 0. The molecule has 5 heteroatoms. The van der Waals surface area contributed by atoms with Crippen molar-refractivity contribution in [2.45, 2.75) is 13.3 Å². The molecule has 1 aromatic carbocycles. The Bertz CT molecular complexity index is 640. The number of carbonyl (C=O) groups is 2. The van der Waals surface area contributed by atoms with Gasteiger partial charge in [-0.1, -0.05) is 29.8 Å². The summed E-state index contributed by atoms with van der Waals surface area (Å²) in [6.07, 6.45) is 4.65. The molecule has 0 radical (unpaired) electrons. The molecule has 1 fully saturated rings. The highest BCUT2D eigenvalue weighted by atomic mass is 35.5. The molecule has 0 heterocycles. The van der Waals surface area contributed by atoms with Crippen LogP contribution in [0.3, 0.4) is 0 Å². The second-order valence-corrected chi connectivity index (χ2v) is 6.20. The number of rotatable bonds is 3. The second-order valence-electron chi connectivity index (χ2n) is 5.79. The lowest BCUT2D eigenvalue weighted by atomic mass is 9.82. The molecule has 0 aromatic heterocycles. The average molecular weight is 306 g/mol. The number of hydrogen-bond acceptors (Lipinski definition) is 2. The first kappa shape index (κ1) is 14.1. The minimum absolute atomic E-state index is 0.0233. The Kier molecular flexibility index (Phi) is 3.49. The molecule has 2 aliphatic carbocycles. The van der Waals surface area contributed by atoms with Gasteiger partial charge in [-0.3, -0.25) is 9.59 Å². The first-order valence-corrected chi connectivity index (χ1v) is 7.33. The number of hydrogen-bond donors (Lipinski definition) is 2. The van der Waals surface area contributed by atoms with Crippen molar-refractivity contribution in [3.8, 4) is 0 Å². The zero-order valence-corrected chi connectivity index (χ0v) is 12.3.